The number of thiazole rings is 1. The lowest BCUT2D eigenvalue weighted by molar-refractivity contribution is -0.143. The van der Waals surface area contributed by atoms with Gasteiger partial charge < -0.3 is 19.7 Å². The zero-order chi connectivity index (χ0) is 30.3. The largest absolute Gasteiger partial charge is 0.497 e. The second kappa shape index (κ2) is 13.8. The maximum absolute atomic E-state index is 14.0. The first-order valence-corrected chi connectivity index (χ1v) is 15.3. The third-order valence-corrected chi connectivity index (χ3v) is 8.60. The van der Waals surface area contributed by atoms with Crippen LogP contribution in [0.3, 0.4) is 0 Å². The van der Waals surface area contributed by atoms with Gasteiger partial charge in [0.2, 0.25) is 11.8 Å². The van der Waals surface area contributed by atoms with Crippen molar-refractivity contribution in [3.8, 4) is 22.8 Å². The number of hydrogen-bond acceptors (Lipinski definition) is 9. The Balaban J connectivity index is 1.64. The summed E-state index contributed by atoms with van der Waals surface area (Å²) in [6.07, 6.45) is 0.366. The molecule has 42 heavy (non-hydrogen) atoms. The molecular weight excluding hydrogens is 571 g/mol. The van der Waals surface area contributed by atoms with Gasteiger partial charge in [-0.3, -0.25) is 9.59 Å². The molecular formula is C31H35N5O4S2. The van der Waals surface area contributed by atoms with Crippen LogP contribution in [-0.4, -0.2) is 57.2 Å². The molecule has 2 amide bonds. The molecule has 0 aliphatic carbocycles. The lowest BCUT2D eigenvalue weighted by atomic mass is 9.94. The van der Waals surface area contributed by atoms with Gasteiger partial charge in [-0.15, -0.1) is 11.3 Å². The van der Waals surface area contributed by atoms with Crippen LogP contribution >= 0.6 is 23.1 Å². The monoisotopic (exact) mass is 605 g/mol. The summed E-state index contributed by atoms with van der Waals surface area (Å²) in [5, 5.41) is 6.20. The number of hydrogen-bond donors (Lipinski definition) is 1. The van der Waals surface area contributed by atoms with Crippen molar-refractivity contribution in [2.24, 2.45) is 0 Å². The Kier molecular flexibility index (Phi) is 10.2. The number of methoxy groups -OCH3 is 2. The van der Waals surface area contributed by atoms with E-state index in [0.717, 1.165) is 27.7 Å². The van der Waals surface area contributed by atoms with Gasteiger partial charge in [0.1, 0.15) is 22.0 Å². The van der Waals surface area contributed by atoms with Crippen LogP contribution in [0.2, 0.25) is 0 Å². The number of anilines is 1. The summed E-state index contributed by atoms with van der Waals surface area (Å²) in [7, 11) is 3.09. The van der Waals surface area contributed by atoms with Gasteiger partial charge in [-0.2, -0.15) is 0 Å². The Morgan fingerprint density at radius 2 is 1.71 bits per heavy atom. The van der Waals surface area contributed by atoms with Crippen LogP contribution in [0.25, 0.3) is 11.3 Å². The van der Waals surface area contributed by atoms with Crippen LogP contribution in [0.15, 0.2) is 65.1 Å². The second-order valence-electron chi connectivity index (χ2n) is 9.84. The number of nitrogens with one attached hydrogen (secondary N) is 1. The van der Waals surface area contributed by atoms with Gasteiger partial charge in [0.05, 0.1) is 37.9 Å². The van der Waals surface area contributed by atoms with E-state index < -0.39 is 5.54 Å². The van der Waals surface area contributed by atoms with Crippen molar-refractivity contribution in [3.63, 3.8) is 0 Å². The summed E-state index contributed by atoms with van der Waals surface area (Å²) < 4.78 is 10.8. The number of rotatable bonds is 12. The summed E-state index contributed by atoms with van der Waals surface area (Å²) in [5.41, 5.74) is 2.75. The van der Waals surface area contributed by atoms with Crippen LogP contribution in [-0.2, 0) is 16.1 Å². The van der Waals surface area contributed by atoms with Crippen molar-refractivity contribution in [2.75, 3.05) is 25.3 Å². The highest BCUT2D eigenvalue weighted by atomic mass is 32.2. The van der Waals surface area contributed by atoms with Crippen LogP contribution in [0, 0.1) is 13.8 Å². The fourth-order valence-corrected chi connectivity index (χ4v) is 6.01. The van der Waals surface area contributed by atoms with Crippen molar-refractivity contribution < 1.29 is 19.1 Å². The topological polar surface area (TPSA) is 107 Å². The second-order valence-corrected chi connectivity index (χ2v) is 11.7. The molecule has 0 aliphatic heterocycles. The number of benzene rings is 2. The Labute approximate surface area is 254 Å². The number of carbonyl (C=O) groups is 2. The highest BCUT2D eigenvalue weighted by Gasteiger charge is 2.41. The van der Waals surface area contributed by atoms with Gasteiger partial charge in [0, 0.05) is 28.4 Å². The Bertz CT molecular complexity index is 1530. The first-order chi connectivity index (χ1) is 20.2. The summed E-state index contributed by atoms with van der Waals surface area (Å²) >= 11 is 2.71. The number of aryl methyl sites for hydroxylation is 2. The molecule has 0 spiro atoms. The van der Waals surface area contributed by atoms with E-state index in [2.05, 4.69) is 15.3 Å². The molecule has 1 N–H and O–H groups in total. The van der Waals surface area contributed by atoms with Gasteiger partial charge in [0.25, 0.3) is 0 Å². The zero-order valence-electron chi connectivity index (χ0n) is 24.6. The SMILES string of the molecule is CCC(C)(C(=O)Nc1ccc(OC)cc1OC)N(Cc1nc(-c2ccccc2)cs1)C(=O)CSc1nc(C)cc(C)n1. The summed E-state index contributed by atoms with van der Waals surface area (Å²) in [4.78, 5) is 43.3. The van der Waals surface area contributed by atoms with Crippen molar-refractivity contribution in [1.82, 2.24) is 19.9 Å². The first-order valence-electron chi connectivity index (χ1n) is 13.5. The molecule has 11 heteroatoms. The van der Waals surface area contributed by atoms with Gasteiger partial charge in [-0.25, -0.2) is 15.0 Å². The smallest absolute Gasteiger partial charge is 0.250 e. The predicted octanol–water partition coefficient (Wildman–Crippen LogP) is 6.16. The quantitative estimate of drug-likeness (QED) is 0.151. The molecule has 4 rings (SSSR count). The Hall–Kier alpha value is -3.96. The van der Waals surface area contributed by atoms with E-state index in [4.69, 9.17) is 14.5 Å². The summed E-state index contributed by atoms with van der Waals surface area (Å²) in [5.74, 6) is 0.557. The Morgan fingerprint density at radius 3 is 2.36 bits per heavy atom. The molecule has 0 radical (unpaired) electrons. The third kappa shape index (κ3) is 7.27. The number of carbonyl (C=O) groups excluding carboxylic acids is 2. The summed E-state index contributed by atoms with van der Waals surface area (Å²) in [6, 6.07) is 16.9. The lowest BCUT2D eigenvalue weighted by Crippen LogP contribution is -2.57. The fourth-order valence-electron chi connectivity index (χ4n) is 4.39. The molecule has 2 aromatic heterocycles. The minimum absolute atomic E-state index is 0.0640. The molecule has 1 unspecified atom stereocenters. The van der Waals surface area contributed by atoms with Gasteiger partial charge >= 0.3 is 0 Å². The van der Waals surface area contributed by atoms with Gasteiger partial charge in [-0.05, 0) is 45.4 Å². The van der Waals surface area contributed by atoms with Crippen LogP contribution < -0.4 is 14.8 Å². The van der Waals surface area contributed by atoms with Crippen LogP contribution in [0.5, 0.6) is 11.5 Å². The Morgan fingerprint density at radius 1 is 1.00 bits per heavy atom. The van der Waals surface area contributed by atoms with Crippen molar-refractivity contribution in [1.29, 1.82) is 0 Å². The molecule has 4 aromatic rings. The maximum Gasteiger partial charge on any atom is 0.250 e. The van der Waals surface area contributed by atoms with E-state index in [1.54, 1.807) is 37.1 Å². The summed E-state index contributed by atoms with van der Waals surface area (Å²) in [6.45, 7) is 7.63. The predicted molar refractivity (Wildman–Crippen MR) is 167 cm³/mol. The maximum atomic E-state index is 14.0. The molecule has 0 bridgehead atoms. The highest BCUT2D eigenvalue weighted by molar-refractivity contribution is 7.99. The lowest BCUT2D eigenvalue weighted by Gasteiger charge is -2.39. The van der Waals surface area contributed by atoms with E-state index in [0.29, 0.717) is 28.8 Å². The molecule has 2 heterocycles. The number of ether oxygens (including phenoxy) is 2. The average molecular weight is 606 g/mol. The molecule has 9 nitrogen and oxygen atoms in total. The van der Waals surface area contributed by atoms with Gasteiger partial charge in [-0.1, -0.05) is 49.0 Å². The van der Waals surface area contributed by atoms with Gasteiger partial charge in [0.15, 0.2) is 5.16 Å². The van der Waals surface area contributed by atoms with Crippen molar-refractivity contribution in [2.45, 2.75) is 51.4 Å². The molecule has 0 saturated carbocycles. The van der Waals surface area contributed by atoms with E-state index in [9.17, 15) is 9.59 Å². The van der Waals surface area contributed by atoms with E-state index in [1.165, 1.54) is 30.2 Å². The van der Waals surface area contributed by atoms with Crippen molar-refractivity contribution >= 4 is 40.6 Å². The molecule has 220 valence electrons. The van der Waals surface area contributed by atoms with Crippen molar-refractivity contribution in [3.05, 3.63) is 76.4 Å². The molecule has 2 aromatic carbocycles. The van der Waals surface area contributed by atoms with E-state index in [-0.39, 0.29) is 24.1 Å². The van der Waals surface area contributed by atoms with E-state index >= 15 is 0 Å². The van der Waals surface area contributed by atoms with E-state index in [1.807, 2.05) is 62.5 Å². The minimum atomic E-state index is -1.20. The number of amides is 2. The average Bonchev–Trinajstić information content (AvgIpc) is 3.47. The van der Waals surface area contributed by atoms with Crippen LogP contribution in [0.4, 0.5) is 5.69 Å². The zero-order valence-corrected chi connectivity index (χ0v) is 26.3. The number of nitrogens with zero attached hydrogens (tertiary/aromatic N) is 4. The molecule has 0 saturated heterocycles. The number of thioether (sulfide) groups is 1. The third-order valence-electron chi connectivity index (χ3n) is 6.93. The standard InChI is InChI=1S/C31H35N5O4S2/c1-7-31(4,29(38)35-24-14-13-23(39-5)16-26(24)40-6)36(28(37)19-42-30-32-20(2)15-21(3)33-30)17-27-34-25(18-41-27)22-11-9-8-10-12-22/h8-16,18H,7,17,19H2,1-6H3,(H,35,38). The fraction of sp³-hybridized carbons (Fsp3) is 0.323. The highest BCUT2D eigenvalue weighted by Crippen LogP contribution is 2.33. The molecule has 0 aliphatic rings. The minimum Gasteiger partial charge on any atom is -0.497 e. The number of aromatic nitrogens is 3. The molecule has 1 atom stereocenters. The normalized spacial score (nSPS) is 12.3. The van der Waals surface area contributed by atoms with Crippen LogP contribution in [0.1, 0.15) is 36.7 Å². The molecule has 0 fully saturated rings. The first kappa shape index (κ1) is 31.0.